The second-order valence-corrected chi connectivity index (χ2v) is 10.6. The van der Waals surface area contributed by atoms with Crippen molar-refractivity contribution in [1.82, 2.24) is 9.21 Å². The zero-order chi connectivity index (χ0) is 19.5. The first-order valence-corrected chi connectivity index (χ1v) is 11.5. The number of likely N-dealkylation sites (N-methyl/N-ethyl adjacent to an activating group) is 1. The van der Waals surface area contributed by atoms with Crippen LogP contribution >= 0.6 is 0 Å². The van der Waals surface area contributed by atoms with Gasteiger partial charge in [0.25, 0.3) is 0 Å². The van der Waals surface area contributed by atoms with Crippen molar-refractivity contribution in [2.24, 2.45) is 0 Å². The number of nitrogens with zero attached hydrogens (tertiary/aromatic N) is 2. The highest BCUT2D eigenvalue weighted by Crippen LogP contribution is 2.33. The number of benzene rings is 1. The molecule has 8 nitrogen and oxygen atoms in total. The van der Waals surface area contributed by atoms with E-state index in [4.69, 9.17) is 9.47 Å². The van der Waals surface area contributed by atoms with Gasteiger partial charge in [0.05, 0.1) is 25.7 Å². The third-order valence-electron chi connectivity index (χ3n) is 4.34. The van der Waals surface area contributed by atoms with Gasteiger partial charge in [0.2, 0.25) is 10.0 Å². The molecule has 10 heteroatoms. The van der Waals surface area contributed by atoms with Gasteiger partial charge in [0.15, 0.2) is 9.84 Å². The molecule has 0 amide bonds. The van der Waals surface area contributed by atoms with Gasteiger partial charge in [0, 0.05) is 25.2 Å². The molecule has 1 aromatic rings. The van der Waals surface area contributed by atoms with Crippen molar-refractivity contribution >= 4 is 19.9 Å². The van der Waals surface area contributed by atoms with Gasteiger partial charge in [-0.05, 0) is 32.6 Å². The van der Waals surface area contributed by atoms with Crippen molar-refractivity contribution in [2.75, 3.05) is 52.9 Å². The Bertz CT molecular complexity index is 836. The largest absolute Gasteiger partial charge is 0.497 e. The second kappa shape index (κ2) is 8.12. The summed E-state index contributed by atoms with van der Waals surface area (Å²) in [6, 6.07) is 3.91. The van der Waals surface area contributed by atoms with Crippen LogP contribution < -0.4 is 9.47 Å². The summed E-state index contributed by atoms with van der Waals surface area (Å²) in [4.78, 5) is 1.86. The molecule has 0 spiro atoms. The molecule has 2 rings (SSSR count). The van der Waals surface area contributed by atoms with Gasteiger partial charge in [-0.2, -0.15) is 4.31 Å². The number of ether oxygens (including phenoxy) is 2. The molecule has 1 aliphatic rings. The van der Waals surface area contributed by atoms with E-state index >= 15 is 0 Å². The molecule has 1 fully saturated rings. The van der Waals surface area contributed by atoms with E-state index < -0.39 is 25.9 Å². The Hall–Kier alpha value is -1.36. The van der Waals surface area contributed by atoms with Crippen LogP contribution in [0.25, 0.3) is 0 Å². The van der Waals surface area contributed by atoms with Crippen LogP contribution in [-0.2, 0) is 19.9 Å². The molecule has 0 aliphatic carbocycles. The molecule has 0 saturated carbocycles. The molecular formula is C16H26N2O6S2. The van der Waals surface area contributed by atoms with Gasteiger partial charge in [-0.1, -0.05) is 0 Å². The average molecular weight is 407 g/mol. The van der Waals surface area contributed by atoms with Gasteiger partial charge >= 0.3 is 0 Å². The predicted octanol–water partition coefficient (Wildman–Crippen LogP) is 0.443. The Kier molecular flexibility index (Phi) is 6.54. The van der Waals surface area contributed by atoms with E-state index in [-0.39, 0.29) is 28.7 Å². The zero-order valence-corrected chi connectivity index (χ0v) is 17.1. The minimum atomic E-state index is -3.94. The summed E-state index contributed by atoms with van der Waals surface area (Å²) in [5, 5.41) is 0. The molecule has 1 aliphatic heterocycles. The maximum atomic E-state index is 13.3. The molecule has 26 heavy (non-hydrogen) atoms. The molecule has 1 aromatic carbocycles. The Balaban J connectivity index is 2.45. The van der Waals surface area contributed by atoms with Gasteiger partial charge in [0.1, 0.15) is 16.4 Å². The van der Waals surface area contributed by atoms with Crippen LogP contribution in [0.15, 0.2) is 23.1 Å². The smallest absolute Gasteiger partial charge is 0.247 e. The lowest BCUT2D eigenvalue weighted by molar-refractivity contribution is 0.292. The number of rotatable bonds is 8. The fraction of sp³-hybridized carbons (Fsp3) is 0.625. The monoisotopic (exact) mass is 406 g/mol. The summed E-state index contributed by atoms with van der Waals surface area (Å²) < 4.78 is 62.0. The first-order valence-electron chi connectivity index (χ1n) is 8.20. The number of hydrogen-bond acceptors (Lipinski definition) is 7. The number of sulfone groups is 1. The number of methoxy groups -OCH3 is 2. The predicted molar refractivity (Wildman–Crippen MR) is 99.1 cm³/mol. The average Bonchev–Trinajstić information content (AvgIpc) is 2.93. The van der Waals surface area contributed by atoms with E-state index in [1.54, 1.807) is 6.07 Å². The van der Waals surface area contributed by atoms with Gasteiger partial charge in [-0.25, -0.2) is 16.8 Å². The third kappa shape index (κ3) is 4.67. The lowest BCUT2D eigenvalue weighted by Gasteiger charge is -2.29. The van der Waals surface area contributed by atoms with Crippen LogP contribution in [0.5, 0.6) is 11.5 Å². The summed E-state index contributed by atoms with van der Waals surface area (Å²) in [5.41, 5.74) is 0. The van der Waals surface area contributed by atoms with E-state index in [1.807, 2.05) is 19.0 Å². The molecule has 0 bridgehead atoms. The molecule has 0 aromatic heterocycles. The van der Waals surface area contributed by atoms with Crippen molar-refractivity contribution < 1.29 is 26.3 Å². The van der Waals surface area contributed by atoms with Crippen LogP contribution in [0, 0.1) is 0 Å². The number of hydrogen-bond donors (Lipinski definition) is 0. The van der Waals surface area contributed by atoms with Gasteiger partial charge in [-0.3, -0.25) is 0 Å². The first kappa shape index (κ1) is 20.9. The normalized spacial score (nSPS) is 19.8. The van der Waals surface area contributed by atoms with E-state index in [1.165, 1.54) is 30.7 Å². The Morgan fingerprint density at radius 2 is 1.85 bits per heavy atom. The highest BCUT2D eigenvalue weighted by atomic mass is 32.2. The summed E-state index contributed by atoms with van der Waals surface area (Å²) >= 11 is 0. The highest BCUT2D eigenvalue weighted by Gasteiger charge is 2.39. The van der Waals surface area contributed by atoms with Crippen molar-refractivity contribution in [1.29, 1.82) is 0 Å². The maximum Gasteiger partial charge on any atom is 0.247 e. The molecule has 0 unspecified atom stereocenters. The molecule has 1 heterocycles. The van der Waals surface area contributed by atoms with Crippen LogP contribution in [0.1, 0.15) is 6.42 Å². The topological polar surface area (TPSA) is 93.2 Å². The molecule has 0 radical (unpaired) electrons. The van der Waals surface area contributed by atoms with E-state index in [9.17, 15) is 16.8 Å². The minimum absolute atomic E-state index is 0.00357. The minimum Gasteiger partial charge on any atom is -0.497 e. The van der Waals surface area contributed by atoms with Crippen molar-refractivity contribution in [3.05, 3.63) is 18.2 Å². The van der Waals surface area contributed by atoms with Gasteiger partial charge < -0.3 is 14.4 Å². The van der Waals surface area contributed by atoms with E-state index in [0.29, 0.717) is 18.7 Å². The van der Waals surface area contributed by atoms with E-state index in [0.717, 1.165) is 0 Å². The standard InChI is InChI=1S/C16H26N2O6S2/c1-17(2)8-9-18(13-7-10-25(19,20)12-13)26(21,22)16-6-5-14(23-3)11-15(16)24-4/h5-6,11,13H,7-10,12H2,1-4H3/t13-/m0/s1. The van der Waals surface area contributed by atoms with Crippen LogP contribution in [-0.4, -0.2) is 85.0 Å². The summed E-state index contributed by atoms with van der Waals surface area (Å²) in [5.74, 6) is 0.493. The number of sulfonamides is 1. The van der Waals surface area contributed by atoms with Crippen molar-refractivity contribution in [3.8, 4) is 11.5 Å². The molecule has 1 atom stereocenters. The summed E-state index contributed by atoms with van der Waals surface area (Å²) in [6.45, 7) is 0.680. The molecule has 148 valence electrons. The maximum absolute atomic E-state index is 13.3. The quantitative estimate of drug-likeness (QED) is 0.618. The zero-order valence-electron chi connectivity index (χ0n) is 15.5. The summed E-state index contributed by atoms with van der Waals surface area (Å²) in [7, 11) is -0.612. The molecular weight excluding hydrogens is 380 g/mol. The fourth-order valence-electron chi connectivity index (χ4n) is 2.91. The lowest BCUT2D eigenvalue weighted by Crippen LogP contribution is -2.44. The summed E-state index contributed by atoms with van der Waals surface area (Å²) in [6.07, 6.45) is 0.299. The van der Waals surface area contributed by atoms with Gasteiger partial charge in [-0.15, -0.1) is 0 Å². The van der Waals surface area contributed by atoms with Crippen molar-refractivity contribution in [2.45, 2.75) is 17.4 Å². The highest BCUT2D eigenvalue weighted by molar-refractivity contribution is 7.92. The molecule has 1 saturated heterocycles. The Labute approximate surface area is 155 Å². The Morgan fingerprint density at radius 1 is 1.15 bits per heavy atom. The third-order valence-corrected chi connectivity index (χ3v) is 8.08. The lowest BCUT2D eigenvalue weighted by atomic mass is 10.2. The second-order valence-electron chi connectivity index (χ2n) is 6.49. The first-order chi connectivity index (χ1) is 12.1. The van der Waals surface area contributed by atoms with Crippen LogP contribution in [0.2, 0.25) is 0 Å². The SMILES string of the molecule is COc1ccc(S(=O)(=O)N(CCN(C)C)[C@H]2CCS(=O)(=O)C2)c(OC)c1. The fourth-order valence-corrected chi connectivity index (χ4v) is 6.52. The Morgan fingerprint density at radius 3 is 2.35 bits per heavy atom. The molecule has 0 N–H and O–H groups in total. The van der Waals surface area contributed by atoms with Crippen molar-refractivity contribution in [3.63, 3.8) is 0 Å². The van der Waals surface area contributed by atoms with Crippen LogP contribution in [0.4, 0.5) is 0 Å². The van der Waals surface area contributed by atoms with Crippen LogP contribution in [0.3, 0.4) is 0 Å². The van der Waals surface area contributed by atoms with E-state index in [2.05, 4.69) is 0 Å².